The molecule has 3 nitrogen and oxygen atoms in total. The van der Waals surface area contributed by atoms with E-state index < -0.39 is 0 Å². The van der Waals surface area contributed by atoms with Gasteiger partial charge in [0, 0.05) is 24.0 Å². The van der Waals surface area contributed by atoms with Crippen molar-refractivity contribution in [2.24, 2.45) is 23.2 Å². The fourth-order valence-corrected chi connectivity index (χ4v) is 6.07. The lowest BCUT2D eigenvalue weighted by Crippen LogP contribution is -2.51. The average molecular weight is 346 g/mol. The Morgan fingerprint density at radius 2 is 1.62 bits per heavy atom. The van der Waals surface area contributed by atoms with Crippen molar-refractivity contribution in [2.75, 3.05) is 5.32 Å². The van der Waals surface area contributed by atoms with Gasteiger partial charge >= 0.3 is 0 Å². The molecule has 0 unspecified atom stereocenters. The average Bonchev–Trinajstić information content (AvgIpc) is 2.63. The number of anilines is 1. The summed E-state index contributed by atoms with van der Waals surface area (Å²) in [4.78, 5) is 17.5. The molecule has 4 fully saturated rings. The number of aromatic nitrogens is 1. The third kappa shape index (κ3) is 2.94. The van der Waals surface area contributed by atoms with E-state index >= 15 is 0 Å². The molecule has 134 valence electrons. The van der Waals surface area contributed by atoms with Crippen molar-refractivity contribution in [3.8, 4) is 0 Å². The Kier molecular flexibility index (Phi) is 3.84. The van der Waals surface area contributed by atoms with Crippen molar-refractivity contribution < 1.29 is 4.79 Å². The predicted molar refractivity (Wildman–Crippen MR) is 103 cm³/mol. The van der Waals surface area contributed by atoms with Crippen LogP contribution in [0, 0.1) is 23.2 Å². The van der Waals surface area contributed by atoms with Crippen LogP contribution in [0.5, 0.6) is 0 Å². The number of carbonyl (C=O) groups excluding carboxylic acids is 1. The minimum absolute atomic E-state index is 0.0820. The van der Waals surface area contributed by atoms with Gasteiger partial charge in [0.1, 0.15) is 0 Å². The van der Waals surface area contributed by atoms with E-state index in [0.29, 0.717) is 0 Å². The molecule has 0 saturated heterocycles. The van der Waals surface area contributed by atoms with Gasteiger partial charge in [-0.15, -0.1) is 0 Å². The van der Waals surface area contributed by atoms with Crippen LogP contribution in [-0.4, -0.2) is 10.9 Å². The maximum Gasteiger partial charge on any atom is 0.230 e. The largest absolute Gasteiger partial charge is 0.326 e. The first-order valence-electron chi connectivity index (χ1n) is 9.99. The third-order valence-corrected chi connectivity index (χ3v) is 6.84. The second-order valence-electron chi connectivity index (χ2n) is 8.85. The van der Waals surface area contributed by atoms with Crippen LogP contribution in [0.25, 0.3) is 0 Å². The number of hydrogen-bond acceptors (Lipinski definition) is 2. The number of benzene rings is 1. The predicted octanol–water partition coefficient (Wildman–Crippen LogP) is 4.83. The topological polar surface area (TPSA) is 42.0 Å². The van der Waals surface area contributed by atoms with Gasteiger partial charge in [-0.05, 0) is 86.1 Å². The molecule has 4 saturated carbocycles. The van der Waals surface area contributed by atoms with Gasteiger partial charge in [0.2, 0.25) is 5.91 Å². The Morgan fingerprint density at radius 1 is 0.962 bits per heavy atom. The van der Waals surface area contributed by atoms with E-state index in [2.05, 4.69) is 22.4 Å². The lowest BCUT2D eigenvalue weighted by molar-refractivity contribution is -0.140. The summed E-state index contributed by atoms with van der Waals surface area (Å²) in [7, 11) is 0. The van der Waals surface area contributed by atoms with Crippen LogP contribution < -0.4 is 5.32 Å². The number of pyridine rings is 1. The fraction of sp³-hybridized carbons (Fsp3) is 0.478. The second-order valence-corrected chi connectivity index (χ2v) is 8.85. The highest BCUT2D eigenvalue weighted by atomic mass is 16.2. The molecule has 1 amide bonds. The van der Waals surface area contributed by atoms with E-state index in [0.717, 1.165) is 54.8 Å². The number of nitrogens with one attached hydrogen (secondary N) is 1. The first-order valence-corrected chi connectivity index (χ1v) is 9.99. The van der Waals surface area contributed by atoms with E-state index in [1.54, 1.807) is 0 Å². The van der Waals surface area contributed by atoms with E-state index in [9.17, 15) is 4.79 Å². The maximum atomic E-state index is 13.1. The van der Waals surface area contributed by atoms with Gasteiger partial charge in [0.15, 0.2) is 0 Å². The lowest BCUT2D eigenvalue weighted by Gasteiger charge is -2.55. The van der Waals surface area contributed by atoms with Crippen molar-refractivity contribution in [3.63, 3.8) is 0 Å². The standard InChI is InChI=1S/C23H26N2O/c26-22(23-13-17-9-18(14-23)11-19(10-17)15-23)25-20-6-4-16(5-7-20)12-21-3-1-2-8-24-21/h1-8,17-19H,9-15H2,(H,25,26). The molecule has 0 spiro atoms. The molecule has 3 heteroatoms. The monoisotopic (exact) mass is 346 g/mol. The molecule has 0 radical (unpaired) electrons. The minimum Gasteiger partial charge on any atom is -0.326 e. The Balaban J connectivity index is 1.27. The fourth-order valence-electron chi connectivity index (χ4n) is 6.07. The van der Waals surface area contributed by atoms with Crippen molar-refractivity contribution in [2.45, 2.75) is 44.9 Å². The highest BCUT2D eigenvalue weighted by Crippen LogP contribution is 2.60. The van der Waals surface area contributed by atoms with E-state index in [1.807, 2.05) is 36.5 Å². The molecule has 4 aliphatic rings. The Labute approximate surface area is 155 Å². The van der Waals surface area contributed by atoms with Gasteiger partial charge in [-0.2, -0.15) is 0 Å². The second kappa shape index (κ2) is 6.22. The van der Waals surface area contributed by atoms with Crippen LogP contribution in [0.4, 0.5) is 5.69 Å². The zero-order valence-electron chi connectivity index (χ0n) is 15.2. The van der Waals surface area contributed by atoms with Gasteiger partial charge in [-0.25, -0.2) is 0 Å². The highest BCUT2D eigenvalue weighted by molar-refractivity contribution is 5.95. The number of carbonyl (C=O) groups is 1. The van der Waals surface area contributed by atoms with E-state index in [4.69, 9.17) is 0 Å². The number of rotatable bonds is 4. The smallest absolute Gasteiger partial charge is 0.230 e. The number of nitrogens with zero attached hydrogens (tertiary/aromatic N) is 1. The molecule has 0 atom stereocenters. The van der Waals surface area contributed by atoms with Crippen LogP contribution in [-0.2, 0) is 11.2 Å². The van der Waals surface area contributed by atoms with E-state index in [1.165, 1.54) is 24.8 Å². The van der Waals surface area contributed by atoms with Gasteiger partial charge in [-0.3, -0.25) is 9.78 Å². The van der Waals surface area contributed by atoms with E-state index in [-0.39, 0.29) is 11.3 Å². The SMILES string of the molecule is O=C(Nc1ccc(Cc2ccccn2)cc1)C12CC3CC(CC(C3)C1)C2. The summed E-state index contributed by atoms with van der Waals surface area (Å²) in [5, 5.41) is 3.24. The summed E-state index contributed by atoms with van der Waals surface area (Å²) in [6.45, 7) is 0. The van der Waals surface area contributed by atoms with Crippen molar-refractivity contribution in [1.29, 1.82) is 0 Å². The minimum atomic E-state index is -0.0820. The normalized spacial score (nSPS) is 31.8. The van der Waals surface area contributed by atoms with Crippen LogP contribution in [0.2, 0.25) is 0 Å². The van der Waals surface area contributed by atoms with Crippen LogP contribution in [0.15, 0.2) is 48.7 Å². The Hall–Kier alpha value is -2.16. The molecule has 1 heterocycles. The summed E-state index contributed by atoms with van der Waals surface area (Å²) >= 11 is 0. The third-order valence-electron chi connectivity index (χ3n) is 6.84. The van der Waals surface area contributed by atoms with Crippen LogP contribution in [0.1, 0.15) is 49.8 Å². The molecule has 1 aromatic carbocycles. The summed E-state index contributed by atoms with van der Waals surface area (Å²) in [5.41, 5.74) is 3.13. The first kappa shape index (κ1) is 16.0. The Bertz CT molecular complexity index is 761. The van der Waals surface area contributed by atoms with Crippen molar-refractivity contribution in [1.82, 2.24) is 4.98 Å². The van der Waals surface area contributed by atoms with Gasteiger partial charge in [0.25, 0.3) is 0 Å². The summed E-state index contributed by atoms with van der Waals surface area (Å²) in [6.07, 6.45) is 10.1. The van der Waals surface area contributed by atoms with Gasteiger partial charge < -0.3 is 5.32 Å². The number of amides is 1. The molecular weight excluding hydrogens is 320 g/mol. The molecule has 0 aliphatic heterocycles. The van der Waals surface area contributed by atoms with Crippen LogP contribution in [0.3, 0.4) is 0 Å². The summed E-state index contributed by atoms with van der Waals surface area (Å²) in [5.74, 6) is 2.67. The lowest BCUT2D eigenvalue weighted by atomic mass is 9.49. The molecule has 26 heavy (non-hydrogen) atoms. The molecule has 1 N–H and O–H groups in total. The number of hydrogen-bond donors (Lipinski definition) is 1. The molecule has 6 rings (SSSR count). The summed E-state index contributed by atoms with van der Waals surface area (Å²) in [6, 6.07) is 14.3. The van der Waals surface area contributed by atoms with Gasteiger partial charge in [-0.1, -0.05) is 18.2 Å². The van der Waals surface area contributed by atoms with Crippen LogP contribution >= 0.6 is 0 Å². The highest BCUT2D eigenvalue weighted by Gasteiger charge is 2.54. The molecule has 4 aliphatic carbocycles. The maximum absolute atomic E-state index is 13.1. The van der Waals surface area contributed by atoms with Crippen molar-refractivity contribution >= 4 is 11.6 Å². The summed E-state index contributed by atoms with van der Waals surface area (Å²) < 4.78 is 0. The molecule has 2 aromatic rings. The molecule has 4 bridgehead atoms. The quantitative estimate of drug-likeness (QED) is 0.862. The van der Waals surface area contributed by atoms with Crippen molar-refractivity contribution in [3.05, 3.63) is 59.9 Å². The zero-order chi connectivity index (χ0) is 17.6. The molecular formula is C23H26N2O. The first-order chi connectivity index (χ1) is 12.7. The van der Waals surface area contributed by atoms with Gasteiger partial charge in [0.05, 0.1) is 5.41 Å². The zero-order valence-corrected chi connectivity index (χ0v) is 15.2. The Morgan fingerprint density at radius 3 is 2.19 bits per heavy atom. The molecule has 1 aromatic heterocycles.